The van der Waals surface area contributed by atoms with E-state index in [1.807, 2.05) is 73.3 Å². The van der Waals surface area contributed by atoms with Crippen LogP contribution in [0.25, 0.3) is 0 Å². The second kappa shape index (κ2) is 11.5. The molecule has 0 bridgehead atoms. The maximum atomic E-state index is 13.2. The van der Waals surface area contributed by atoms with Gasteiger partial charge in [0.05, 0.1) is 17.7 Å². The van der Waals surface area contributed by atoms with Crippen LogP contribution in [0.3, 0.4) is 0 Å². The van der Waals surface area contributed by atoms with E-state index < -0.39 is 0 Å². The van der Waals surface area contributed by atoms with Crippen molar-refractivity contribution in [3.63, 3.8) is 0 Å². The summed E-state index contributed by atoms with van der Waals surface area (Å²) in [6.07, 6.45) is 2.79. The molecule has 0 saturated carbocycles. The van der Waals surface area contributed by atoms with Crippen LogP contribution in [-0.2, 0) is 17.6 Å². The largest absolute Gasteiger partial charge is 0.338 e. The Morgan fingerprint density at radius 2 is 1.83 bits per heavy atom. The minimum Gasteiger partial charge on any atom is -0.338 e. The number of fused-ring (bicyclic) bond motifs is 1. The van der Waals surface area contributed by atoms with E-state index >= 15 is 0 Å². The highest BCUT2D eigenvalue weighted by Gasteiger charge is 2.27. The van der Waals surface area contributed by atoms with E-state index in [1.54, 1.807) is 17.0 Å². The van der Waals surface area contributed by atoms with E-state index in [2.05, 4.69) is 17.5 Å². The molecule has 0 aliphatic carbocycles. The molecule has 6 nitrogen and oxygen atoms in total. The van der Waals surface area contributed by atoms with Gasteiger partial charge in [-0.3, -0.25) is 9.69 Å². The van der Waals surface area contributed by atoms with Crippen molar-refractivity contribution >= 4 is 23.3 Å². The average Bonchev–Trinajstić information content (AvgIpc) is 2.92. The fraction of sp³-hybridized carbons (Fsp3) is 0.300. The lowest BCUT2D eigenvalue weighted by Crippen LogP contribution is -2.42. The predicted octanol–water partition coefficient (Wildman–Crippen LogP) is 5.77. The molecule has 36 heavy (non-hydrogen) atoms. The Kier molecular flexibility index (Phi) is 8.02. The van der Waals surface area contributed by atoms with Crippen LogP contribution in [0.5, 0.6) is 0 Å². The SMILES string of the molecule is CCNC(=O)N(c1ccc2c(c1)CCCN2C(=O)CCc1ccc(C#N)cc1)C(C)c1ccccc1. The van der Waals surface area contributed by atoms with Gasteiger partial charge >= 0.3 is 6.03 Å². The molecule has 4 rings (SSSR count). The maximum absolute atomic E-state index is 13.2. The van der Waals surface area contributed by atoms with Crippen LogP contribution < -0.4 is 15.1 Å². The molecule has 0 radical (unpaired) electrons. The molecule has 184 valence electrons. The second-order valence-electron chi connectivity index (χ2n) is 9.06. The third-order valence-corrected chi connectivity index (χ3v) is 6.69. The first-order chi connectivity index (χ1) is 17.5. The van der Waals surface area contributed by atoms with E-state index in [0.29, 0.717) is 31.5 Å². The van der Waals surface area contributed by atoms with Gasteiger partial charge in [0.15, 0.2) is 0 Å². The molecule has 1 unspecified atom stereocenters. The van der Waals surface area contributed by atoms with E-state index in [0.717, 1.165) is 40.9 Å². The quantitative estimate of drug-likeness (QED) is 0.467. The summed E-state index contributed by atoms with van der Waals surface area (Å²) in [7, 11) is 0. The van der Waals surface area contributed by atoms with Crippen molar-refractivity contribution in [3.05, 3.63) is 95.1 Å². The first-order valence-corrected chi connectivity index (χ1v) is 12.6. The fourth-order valence-electron chi connectivity index (χ4n) is 4.76. The Bertz CT molecular complexity index is 1250. The summed E-state index contributed by atoms with van der Waals surface area (Å²) in [5.74, 6) is 0.0892. The third kappa shape index (κ3) is 5.58. The lowest BCUT2D eigenvalue weighted by atomic mass is 9.98. The number of carbonyl (C=O) groups excluding carboxylic acids is 2. The molecular formula is C30H32N4O2. The molecular weight excluding hydrogens is 448 g/mol. The molecule has 6 heteroatoms. The number of amides is 3. The Labute approximate surface area is 213 Å². The number of hydrogen-bond acceptors (Lipinski definition) is 3. The first kappa shape index (κ1) is 25.0. The maximum Gasteiger partial charge on any atom is 0.322 e. The van der Waals surface area contributed by atoms with Gasteiger partial charge in [0.25, 0.3) is 0 Å². The van der Waals surface area contributed by atoms with E-state index in [1.165, 1.54) is 0 Å². The second-order valence-corrected chi connectivity index (χ2v) is 9.06. The monoisotopic (exact) mass is 480 g/mol. The number of rotatable bonds is 7. The number of hydrogen-bond donors (Lipinski definition) is 1. The topological polar surface area (TPSA) is 76.4 Å². The van der Waals surface area contributed by atoms with Crippen molar-refractivity contribution < 1.29 is 9.59 Å². The lowest BCUT2D eigenvalue weighted by Gasteiger charge is -2.33. The van der Waals surface area contributed by atoms with Crippen molar-refractivity contribution in [2.45, 2.75) is 45.6 Å². The molecule has 0 spiro atoms. The molecule has 3 amide bonds. The lowest BCUT2D eigenvalue weighted by molar-refractivity contribution is -0.118. The van der Waals surface area contributed by atoms with Crippen LogP contribution in [-0.4, -0.2) is 25.0 Å². The Morgan fingerprint density at radius 1 is 1.08 bits per heavy atom. The van der Waals surface area contributed by atoms with Gasteiger partial charge < -0.3 is 10.2 Å². The number of carbonyl (C=O) groups is 2. The standard InChI is InChI=1S/C30H32N4O2/c1-3-32-30(36)34(22(2)25-8-5-4-6-9-25)27-16-17-28-26(20-27)10-7-19-33(28)29(35)18-15-23-11-13-24(21-31)14-12-23/h4-6,8-9,11-14,16-17,20,22H,3,7,10,15,18-19H2,1-2H3,(H,32,36). The highest BCUT2D eigenvalue weighted by Crippen LogP contribution is 2.34. The fourth-order valence-corrected chi connectivity index (χ4v) is 4.76. The molecule has 3 aromatic rings. The van der Waals surface area contributed by atoms with Gasteiger partial charge in [0.2, 0.25) is 5.91 Å². The average molecular weight is 481 g/mol. The highest BCUT2D eigenvalue weighted by atomic mass is 16.2. The third-order valence-electron chi connectivity index (χ3n) is 6.69. The van der Waals surface area contributed by atoms with Crippen LogP contribution in [0.15, 0.2) is 72.8 Å². The molecule has 0 saturated heterocycles. The van der Waals surface area contributed by atoms with Crippen molar-refractivity contribution in [1.82, 2.24) is 5.32 Å². The number of nitrogens with one attached hydrogen (secondary N) is 1. The van der Waals surface area contributed by atoms with E-state index in [9.17, 15) is 9.59 Å². The zero-order chi connectivity index (χ0) is 25.5. The van der Waals surface area contributed by atoms with Gasteiger partial charge in [-0.2, -0.15) is 5.26 Å². The summed E-state index contributed by atoms with van der Waals surface area (Å²) in [6.45, 7) is 5.18. The van der Waals surface area contributed by atoms with Crippen LogP contribution in [0.2, 0.25) is 0 Å². The summed E-state index contributed by atoms with van der Waals surface area (Å²) < 4.78 is 0. The zero-order valence-electron chi connectivity index (χ0n) is 20.9. The molecule has 0 fully saturated rings. The first-order valence-electron chi connectivity index (χ1n) is 12.6. The Morgan fingerprint density at radius 3 is 2.53 bits per heavy atom. The summed E-state index contributed by atoms with van der Waals surface area (Å²) in [5, 5.41) is 11.9. The van der Waals surface area contributed by atoms with Crippen LogP contribution in [0.1, 0.15) is 55.0 Å². The van der Waals surface area contributed by atoms with Crippen LogP contribution in [0.4, 0.5) is 16.2 Å². The highest BCUT2D eigenvalue weighted by molar-refractivity contribution is 5.96. The predicted molar refractivity (Wildman–Crippen MR) is 143 cm³/mol. The van der Waals surface area contributed by atoms with Crippen LogP contribution in [0, 0.1) is 11.3 Å². The smallest absolute Gasteiger partial charge is 0.322 e. The summed E-state index contributed by atoms with van der Waals surface area (Å²) >= 11 is 0. The normalized spacial score (nSPS) is 13.3. The molecule has 0 aromatic heterocycles. The summed E-state index contributed by atoms with van der Waals surface area (Å²) in [5.41, 5.74) is 5.55. The molecule has 1 atom stereocenters. The van der Waals surface area contributed by atoms with Gasteiger partial charge in [-0.05, 0) is 80.1 Å². The van der Waals surface area contributed by atoms with E-state index in [4.69, 9.17) is 5.26 Å². The molecule has 1 N–H and O–H groups in total. The molecule has 1 heterocycles. The summed E-state index contributed by atoms with van der Waals surface area (Å²) in [4.78, 5) is 29.9. The molecule has 1 aliphatic rings. The van der Waals surface area contributed by atoms with Gasteiger partial charge in [0, 0.05) is 30.9 Å². The van der Waals surface area contributed by atoms with Crippen molar-refractivity contribution in [2.75, 3.05) is 22.9 Å². The number of aryl methyl sites for hydroxylation is 2. The minimum atomic E-state index is -0.149. The number of nitrogens with zero attached hydrogens (tertiary/aromatic N) is 3. The number of anilines is 2. The zero-order valence-corrected chi connectivity index (χ0v) is 20.9. The van der Waals surface area contributed by atoms with Gasteiger partial charge in [-0.1, -0.05) is 42.5 Å². The minimum absolute atomic E-state index is 0.0892. The molecule has 3 aromatic carbocycles. The Hall–Kier alpha value is -4.11. The van der Waals surface area contributed by atoms with Gasteiger partial charge in [0.1, 0.15) is 0 Å². The van der Waals surface area contributed by atoms with Crippen molar-refractivity contribution in [1.29, 1.82) is 5.26 Å². The number of nitriles is 1. The molecule has 1 aliphatic heterocycles. The van der Waals surface area contributed by atoms with E-state index in [-0.39, 0.29) is 18.0 Å². The van der Waals surface area contributed by atoms with Crippen LogP contribution >= 0.6 is 0 Å². The van der Waals surface area contributed by atoms with Gasteiger partial charge in [-0.25, -0.2) is 4.79 Å². The Balaban J connectivity index is 1.55. The van der Waals surface area contributed by atoms with Crippen molar-refractivity contribution in [3.8, 4) is 6.07 Å². The number of urea groups is 1. The summed E-state index contributed by atoms with van der Waals surface area (Å²) in [6, 6.07) is 25.2. The van der Waals surface area contributed by atoms with Gasteiger partial charge in [-0.15, -0.1) is 0 Å². The number of benzene rings is 3. The van der Waals surface area contributed by atoms with Crippen molar-refractivity contribution in [2.24, 2.45) is 0 Å².